The summed E-state index contributed by atoms with van der Waals surface area (Å²) >= 11 is 0. The van der Waals surface area contributed by atoms with Crippen LogP contribution in [0.25, 0.3) is 11.4 Å². The van der Waals surface area contributed by atoms with Crippen LogP contribution in [-0.2, 0) is 20.4 Å². The molecule has 2 aromatic rings. The molecule has 0 fully saturated rings. The van der Waals surface area contributed by atoms with Gasteiger partial charge in [0.15, 0.2) is 0 Å². The molecular weight excluding hydrogens is 384 g/mol. The Bertz CT molecular complexity index is 1060. The molecule has 1 aliphatic rings. The van der Waals surface area contributed by atoms with Crippen LogP contribution in [0, 0.1) is 0 Å². The third kappa shape index (κ3) is 4.63. The van der Waals surface area contributed by atoms with E-state index in [4.69, 9.17) is 0 Å². The van der Waals surface area contributed by atoms with Crippen molar-refractivity contribution in [3.63, 3.8) is 0 Å². The molecule has 4 heteroatoms. The van der Waals surface area contributed by atoms with Crippen LogP contribution < -0.4 is 10.6 Å². The first-order valence-corrected chi connectivity index (χ1v) is 10.6. The van der Waals surface area contributed by atoms with Gasteiger partial charge < -0.3 is 10.6 Å². The quantitative estimate of drug-likeness (QED) is 0.525. The summed E-state index contributed by atoms with van der Waals surface area (Å²) < 4.78 is 0. The zero-order valence-electron chi connectivity index (χ0n) is 19.5. The topological polar surface area (TPSA) is 58.2 Å². The monoisotopic (exact) mass is 416 g/mol. The van der Waals surface area contributed by atoms with Gasteiger partial charge in [-0.15, -0.1) is 0 Å². The minimum Gasteiger partial charge on any atom is -0.327 e. The summed E-state index contributed by atoms with van der Waals surface area (Å²) in [6.45, 7) is 14.9. The number of hydrogen-bond donors (Lipinski definition) is 2. The Kier molecular flexibility index (Phi) is 5.95. The van der Waals surface area contributed by atoms with Crippen molar-refractivity contribution in [1.29, 1.82) is 0 Å². The molecule has 1 heterocycles. The number of carbonyl (C=O) groups excluding carboxylic acids is 2. The maximum absolute atomic E-state index is 12.9. The summed E-state index contributed by atoms with van der Waals surface area (Å²) in [7, 11) is 0. The lowest BCUT2D eigenvalue weighted by atomic mass is 9.86. The van der Waals surface area contributed by atoms with E-state index in [2.05, 4.69) is 64.3 Å². The van der Waals surface area contributed by atoms with Gasteiger partial charge in [0.25, 0.3) is 5.91 Å². The van der Waals surface area contributed by atoms with Crippen LogP contribution >= 0.6 is 0 Å². The second-order valence-corrected chi connectivity index (χ2v) is 10.1. The fraction of sp³-hybridized carbons (Fsp3) is 0.333. The van der Waals surface area contributed by atoms with E-state index in [0.717, 1.165) is 22.4 Å². The molecule has 162 valence electrons. The van der Waals surface area contributed by atoms with E-state index in [9.17, 15) is 9.59 Å². The molecule has 2 N–H and O–H groups in total. The van der Waals surface area contributed by atoms with Gasteiger partial charge in [-0.05, 0) is 45.6 Å². The molecule has 0 aliphatic carbocycles. The molecule has 1 aliphatic heterocycles. The van der Waals surface area contributed by atoms with Gasteiger partial charge in [0, 0.05) is 0 Å². The molecule has 31 heavy (non-hydrogen) atoms. The molecule has 2 aromatic carbocycles. The molecular formula is C27H32N2O2. The molecule has 0 saturated heterocycles. The molecule has 0 atom stereocenters. The standard InChI is InChI=1S/C27H32N2O2/c1-17-22(24(28-16-30)19-10-14-21(15-11-19)27(5,6)7)25(31)29-23(17)18-8-12-20(13-9-18)26(2,3)4/h8-16H,1-7H3,(H,28,30)(H,29,31)/b24-22+. The predicted molar refractivity (Wildman–Crippen MR) is 127 cm³/mol. The van der Waals surface area contributed by atoms with Crippen LogP contribution in [0.1, 0.15) is 70.7 Å². The van der Waals surface area contributed by atoms with Gasteiger partial charge in [0.1, 0.15) is 0 Å². The highest BCUT2D eigenvalue weighted by Gasteiger charge is 2.29. The summed E-state index contributed by atoms with van der Waals surface area (Å²) in [5.74, 6) is -0.211. The van der Waals surface area contributed by atoms with Gasteiger partial charge in [-0.25, -0.2) is 0 Å². The molecule has 0 saturated carbocycles. The van der Waals surface area contributed by atoms with Crippen molar-refractivity contribution in [3.8, 4) is 0 Å². The lowest BCUT2D eigenvalue weighted by Crippen LogP contribution is -2.20. The first-order valence-electron chi connectivity index (χ1n) is 10.6. The van der Waals surface area contributed by atoms with Crippen molar-refractivity contribution >= 4 is 23.7 Å². The Morgan fingerprint density at radius 2 is 1.32 bits per heavy atom. The molecule has 0 unspecified atom stereocenters. The highest BCUT2D eigenvalue weighted by atomic mass is 16.2. The van der Waals surface area contributed by atoms with Crippen molar-refractivity contribution in [3.05, 3.63) is 81.9 Å². The third-order valence-corrected chi connectivity index (χ3v) is 5.75. The summed E-state index contributed by atoms with van der Waals surface area (Å²) in [5, 5.41) is 5.76. The number of carbonyl (C=O) groups is 2. The zero-order chi connectivity index (χ0) is 23.0. The van der Waals surface area contributed by atoms with Gasteiger partial charge in [-0.2, -0.15) is 0 Å². The molecule has 4 nitrogen and oxygen atoms in total. The third-order valence-electron chi connectivity index (χ3n) is 5.75. The zero-order valence-corrected chi connectivity index (χ0v) is 19.5. The SMILES string of the molecule is CC1=C(c2ccc(C(C)(C)C)cc2)NC(=O)/C1=C(/NC=O)c1ccc(C(C)(C)C)cc1. The maximum atomic E-state index is 12.9. The van der Waals surface area contributed by atoms with Gasteiger partial charge in [0.05, 0.1) is 17.0 Å². The predicted octanol–water partition coefficient (Wildman–Crippen LogP) is 5.30. The molecule has 3 rings (SSSR count). The maximum Gasteiger partial charge on any atom is 0.258 e. The molecule has 2 amide bonds. The van der Waals surface area contributed by atoms with E-state index in [-0.39, 0.29) is 16.7 Å². The molecule has 0 bridgehead atoms. The van der Waals surface area contributed by atoms with Crippen molar-refractivity contribution in [1.82, 2.24) is 10.6 Å². The fourth-order valence-corrected chi connectivity index (χ4v) is 3.79. The van der Waals surface area contributed by atoms with Gasteiger partial charge in [-0.1, -0.05) is 90.1 Å². The van der Waals surface area contributed by atoms with E-state index in [0.29, 0.717) is 17.7 Å². The Morgan fingerprint density at radius 3 is 1.77 bits per heavy atom. The Hall–Kier alpha value is -3.14. The highest BCUT2D eigenvalue weighted by Crippen LogP contribution is 2.34. The van der Waals surface area contributed by atoms with Crippen molar-refractivity contribution in [2.24, 2.45) is 0 Å². The summed E-state index contributed by atoms with van der Waals surface area (Å²) in [5.41, 5.74) is 6.86. The molecule has 0 spiro atoms. The minimum absolute atomic E-state index is 0.0247. The van der Waals surface area contributed by atoms with Crippen LogP contribution in [-0.4, -0.2) is 12.3 Å². The van der Waals surface area contributed by atoms with Gasteiger partial charge in [-0.3, -0.25) is 9.59 Å². The van der Waals surface area contributed by atoms with E-state index < -0.39 is 0 Å². The van der Waals surface area contributed by atoms with E-state index in [1.807, 2.05) is 43.3 Å². The lowest BCUT2D eigenvalue weighted by Gasteiger charge is -2.20. The normalized spacial score (nSPS) is 16.3. The van der Waals surface area contributed by atoms with Crippen LogP contribution in [0.2, 0.25) is 0 Å². The average molecular weight is 417 g/mol. The fourth-order valence-electron chi connectivity index (χ4n) is 3.79. The lowest BCUT2D eigenvalue weighted by molar-refractivity contribution is -0.115. The first-order chi connectivity index (χ1) is 14.4. The highest BCUT2D eigenvalue weighted by molar-refractivity contribution is 6.15. The van der Waals surface area contributed by atoms with Gasteiger partial charge >= 0.3 is 0 Å². The van der Waals surface area contributed by atoms with Crippen LogP contribution in [0.4, 0.5) is 0 Å². The number of benzene rings is 2. The van der Waals surface area contributed by atoms with E-state index in [1.54, 1.807) is 0 Å². The van der Waals surface area contributed by atoms with E-state index >= 15 is 0 Å². The summed E-state index contributed by atoms with van der Waals surface area (Å²) in [6, 6.07) is 16.3. The number of amides is 2. The average Bonchev–Trinajstić information content (AvgIpc) is 2.99. The second kappa shape index (κ2) is 8.18. The van der Waals surface area contributed by atoms with Crippen molar-refractivity contribution in [2.45, 2.75) is 59.3 Å². The second-order valence-electron chi connectivity index (χ2n) is 10.1. The Labute approximate surface area is 185 Å². The number of rotatable bonds is 4. The Morgan fingerprint density at radius 1 is 0.839 bits per heavy atom. The molecule has 0 aromatic heterocycles. The molecule has 0 radical (unpaired) electrons. The first kappa shape index (κ1) is 22.5. The van der Waals surface area contributed by atoms with Crippen LogP contribution in [0.3, 0.4) is 0 Å². The minimum atomic E-state index is -0.211. The smallest absolute Gasteiger partial charge is 0.258 e. The van der Waals surface area contributed by atoms with Crippen molar-refractivity contribution in [2.75, 3.05) is 0 Å². The summed E-state index contributed by atoms with van der Waals surface area (Å²) in [4.78, 5) is 24.3. The van der Waals surface area contributed by atoms with E-state index in [1.165, 1.54) is 11.1 Å². The van der Waals surface area contributed by atoms with Crippen molar-refractivity contribution < 1.29 is 9.59 Å². The van der Waals surface area contributed by atoms with Gasteiger partial charge in [0.2, 0.25) is 6.41 Å². The number of hydrogen-bond acceptors (Lipinski definition) is 2. The summed E-state index contributed by atoms with van der Waals surface area (Å²) in [6.07, 6.45) is 0.622. The van der Waals surface area contributed by atoms with Crippen LogP contribution in [0.5, 0.6) is 0 Å². The number of nitrogens with one attached hydrogen (secondary N) is 2. The Balaban J connectivity index is 2.08. The largest absolute Gasteiger partial charge is 0.327 e. The van der Waals surface area contributed by atoms with Crippen LogP contribution in [0.15, 0.2) is 59.7 Å².